The fourth-order valence-electron chi connectivity index (χ4n) is 2.39. The molecule has 0 amide bonds. The van der Waals surface area contributed by atoms with Crippen molar-refractivity contribution in [3.8, 4) is 0 Å². The van der Waals surface area contributed by atoms with E-state index < -0.39 is 0 Å². The largest absolute Gasteiger partial charge is 0.367 e. The summed E-state index contributed by atoms with van der Waals surface area (Å²) in [6, 6.07) is 9.33. The maximum atomic E-state index is 3.59. The van der Waals surface area contributed by atoms with Crippen LogP contribution in [0.4, 0.5) is 5.69 Å². The summed E-state index contributed by atoms with van der Waals surface area (Å²) in [5.74, 6) is 0. The quantitative estimate of drug-likeness (QED) is 0.862. The van der Waals surface area contributed by atoms with Gasteiger partial charge in [0.2, 0.25) is 0 Å². The van der Waals surface area contributed by atoms with E-state index in [9.17, 15) is 0 Å². The number of nitrogens with one attached hydrogen (secondary N) is 1. The van der Waals surface area contributed by atoms with Crippen LogP contribution in [0.5, 0.6) is 0 Å². The van der Waals surface area contributed by atoms with Crippen molar-refractivity contribution in [2.75, 3.05) is 18.0 Å². The van der Waals surface area contributed by atoms with Gasteiger partial charge in [-0.25, -0.2) is 0 Å². The third kappa shape index (κ3) is 3.01. The molecule has 2 rings (SSSR count). The minimum Gasteiger partial charge on any atom is -0.367 e. The lowest BCUT2D eigenvalue weighted by Crippen LogP contribution is -2.46. The second kappa shape index (κ2) is 4.69. The third-order valence-corrected chi connectivity index (χ3v) is 3.38. The summed E-state index contributed by atoms with van der Waals surface area (Å²) in [6.45, 7) is 11.2. The predicted molar refractivity (Wildman–Crippen MR) is 74.7 cm³/mol. The fourth-order valence-corrected chi connectivity index (χ4v) is 2.39. The molecule has 1 aliphatic rings. The predicted octanol–water partition coefficient (Wildman–Crippen LogP) is 2.83. The van der Waals surface area contributed by atoms with Crippen molar-refractivity contribution in [2.24, 2.45) is 0 Å². The second-order valence-electron chi connectivity index (χ2n) is 6.05. The van der Waals surface area contributed by atoms with Crippen molar-refractivity contribution in [3.63, 3.8) is 0 Å². The molecule has 1 aromatic carbocycles. The van der Waals surface area contributed by atoms with Gasteiger partial charge >= 0.3 is 0 Å². The highest BCUT2D eigenvalue weighted by atomic mass is 15.2. The highest BCUT2D eigenvalue weighted by molar-refractivity contribution is 5.58. The number of nitrogens with zero attached hydrogens (tertiary/aromatic N) is 1. The Labute approximate surface area is 105 Å². The van der Waals surface area contributed by atoms with E-state index >= 15 is 0 Å². The van der Waals surface area contributed by atoms with Gasteiger partial charge in [-0.3, -0.25) is 0 Å². The molecule has 17 heavy (non-hydrogen) atoms. The summed E-state index contributed by atoms with van der Waals surface area (Å²) in [7, 11) is 0. The van der Waals surface area contributed by atoms with Gasteiger partial charge in [0.05, 0.1) is 0 Å². The van der Waals surface area contributed by atoms with Crippen LogP contribution in [0.15, 0.2) is 24.3 Å². The standard InChI is InChI=1S/C15H24N2/c1-12(11-16-15(2,3)4)17-10-9-13-7-5-6-8-14(13)17/h5-8,12,16H,9-11H2,1-4H3. The molecule has 1 unspecified atom stereocenters. The van der Waals surface area contributed by atoms with Crippen LogP contribution in [0.1, 0.15) is 33.3 Å². The fraction of sp³-hybridized carbons (Fsp3) is 0.600. The van der Waals surface area contributed by atoms with E-state index in [0.717, 1.165) is 13.1 Å². The summed E-state index contributed by atoms with van der Waals surface area (Å²) < 4.78 is 0. The van der Waals surface area contributed by atoms with Crippen molar-refractivity contribution in [1.29, 1.82) is 0 Å². The number of hydrogen-bond donors (Lipinski definition) is 1. The summed E-state index contributed by atoms with van der Waals surface area (Å²) in [5, 5.41) is 3.59. The van der Waals surface area contributed by atoms with Gasteiger partial charge in [0.15, 0.2) is 0 Å². The Morgan fingerprint density at radius 2 is 2.00 bits per heavy atom. The summed E-state index contributed by atoms with van der Waals surface area (Å²) in [6.07, 6.45) is 1.19. The van der Waals surface area contributed by atoms with Crippen molar-refractivity contribution >= 4 is 5.69 Å². The van der Waals surface area contributed by atoms with Crippen LogP contribution in [0.25, 0.3) is 0 Å². The minimum absolute atomic E-state index is 0.202. The summed E-state index contributed by atoms with van der Waals surface area (Å²) in [4.78, 5) is 2.52. The number of hydrogen-bond acceptors (Lipinski definition) is 2. The maximum Gasteiger partial charge on any atom is 0.0402 e. The third-order valence-electron chi connectivity index (χ3n) is 3.38. The van der Waals surface area contributed by atoms with Crippen molar-refractivity contribution in [3.05, 3.63) is 29.8 Å². The van der Waals surface area contributed by atoms with E-state index in [1.165, 1.54) is 17.7 Å². The van der Waals surface area contributed by atoms with E-state index in [0.29, 0.717) is 6.04 Å². The van der Waals surface area contributed by atoms with E-state index in [1.807, 2.05) is 0 Å². The molecule has 2 nitrogen and oxygen atoms in total. The first-order valence-corrected chi connectivity index (χ1v) is 6.57. The lowest BCUT2D eigenvalue weighted by molar-refractivity contribution is 0.406. The Balaban J connectivity index is 2.00. The van der Waals surface area contributed by atoms with Gasteiger partial charge in [-0.2, -0.15) is 0 Å². The Bertz CT molecular complexity index is 379. The van der Waals surface area contributed by atoms with Crippen LogP contribution in [0, 0.1) is 0 Å². The lowest BCUT2D eigenvalue weighted by atomic mass is 10.1. The molecular weight excluding hydrogens is 208 g/mol. The molecule has 94 valence electrons. The van der Waals surface area contributed by atoms with Crippen LogP contribution in [0.3, 0.4) is 0 Å². The Morgan fingerprint density at radius 3 is 2.71 bits per heavy atom. The lowest BCUT2D eigenvalue weighted by Gasteiger charge is -2.31. The molecular formula is C15H24N2. The average molecular weight is 232 g/mol. The molecule has 0 saturated carbocycles. The smallest absolute Gasteiger partial charge is 0.0402 e. The number of benzene rings is 1. The van der Waals surface area contributed by atoms with Crippen LogP contribution in [-0.4, -0.2) is 24.7 Å². The van der Waals surface area contributed by atoms with Crippen molar-refractivity contribution in [1.82, 2.24) is 5.32 Å². The zero-order chi connectivity index (χ0) is 12.5. The van der Waals surface area contributed by atoms with Gasteiger partial charge in [0.1, 0.15) is 0 Å². The molecule has 1 N–H and O–H groups in total. The average Bonchev–Trinajstić information content (AvgIpc) is 2.68. The molecule has 1 atom stereocenters. The molecule has 0 aliphatic carbocycles. The number of fused-ring (bicyclic) bond motifs is 1. The zero-order valence-corrected chi connectivity index (χ0v) is 11.5. The molecule has 0 radical (unpaired) electrons. The van der Waals surface area contributed by atoms with E-state index in [4.69, 9.17) is 0 Å². The molecule has 2 heteroatoms. The topological polar surface area (TPSA) is 15.3 Å². The number of anilines is 1. The highest BCUT2D eigenvalue weighted by Gasteiger charge is 2.23. The molecule has 0 fully saturated rings. The van der Waals surface area contributed by atoms with Crippen molar-refractivity contribution < 1.29 is 0 Å². The van der Waals surface area contributed by atoms with Crippen LogP contribution < -0.4 is 10.2 Å². The Hall–Kier alpha value is -1.02. The van der Waals surface area contributed by atoms with E-state index in [-0.39, 0.29) is 5.54 Å². The first-order valence-electron chi connectivity index (χ1n) is 6.57. The molecule has 1 aromatic rings. The summed E-state index contributed by atoms with van der Waals surface area (Å²) in [5.41, 5.74) is 3.12. The van der Waals surface area contributed by atoms with Crippen LogP contribution in [0.2, 0.25) is 0 Å². The number of rotatable bonds is 3. The molecule has 0 bridgehead atoms. The highest BCUT2D eigenvalue weighted by Crippen LogP contribution is 2.28. The molecule has 0 aromatic heterocycles. The molecule has 0 saturated heterocycles. The zero-order valence-electron chi connectivity index (χ0n) is 11.5. The monoisotopic (exact) mass is 232 g/mol. The van der Waals surface area contributed by atoms with Gasteiger partial charge in [0.25, 0.3) is 0 Å². The molecule has 0 spiro atoms. The van der Waals surface area contributed by atoms with Crippen molar-refractivity contribution in [2.45, 2.75) is 45.7 Å². The van der Waals surface area contributed by atoms with E-state index in [2.05, 4.69) is 62.2 Å². The first-order chi connectivity index (χ1) is 7.97. The minimum atomic E-state index is 0.202. The van der Waals surface area contributed by atoms with E-state index in [1.54, 1.807) is 0 Å². The Kier molecular flexibility index (Phi) is 3.43. The van der Waals surface area contributed by atoms with Gasteiger partial charge in [0, 0.05) is 30.4 Å². The van der Waals surface area contributed by atoms with Crippen LogP contribution in [-0.2, 0) is 6.42 Å². The molecule has 1 aliphatic heterocycles. The second-order valence-corrected chi connectivity index (χ2v) is 6.05. The molecule has 1 heterocycles. The summed E-state index contributed by atoms with van der Waals surface area (Å²) >= 11 is 0. The van der Waals surface area contributed by atoms with Crippen LogP contribution >= 0.6 is 0 Å². The maximum absolute atomic E-state index is 3.59. The normalized spacial score (nSPS) is 17.1. The SMILES string of the molecule is CC(CNC(C)(C)C)N1CCc2ccccc21. The first kappa shape index (κ1) is 12.4. The van der Waals surface area contributed by atoms with Gasteiger partial charge in [-0.15, -0.1) is 0 Å². The Morgan fingerprint density at radius 1 is 1.29 bits per heavy atom. The van der Waals surface area contributed by atoms with Gasteiger partial charge in [-0.05, 0) is 45.7 Å². The van der Waals surface area contributed by atoms with Gasteiger partial charge < -0.3 is 10.2 Å². The number of para-hydroxylation sites is 1. The van der Waals surface area contributed by atoms with Gasteiger partial charge in [-0.1, -0.05) is 18.2 Å².